The second-order valence-electron chi connectivity index (χ2n) is 10.5. The molecule has 2 saturated carbocycles. The highest BCUT2D eigenvalue weighted by Crippen LogP contribution is 2.41. The molecule has 0 spiro atoms. The fourth-order valence-electron chi connectivity index (χ4n) is 5.54. The third kappa shape index (κ3) is 7.10. The van der Waals surface area contributed by atoms with Gasteiger partial charge in [0.15, 0.2) is 23.3 Å². The molecular formula is C31H36BrN3O4S. The first kappa shape index (κ1) is 28.7. The van der Waals surface area contributed by atoms with Crippen molar-refractivity contribution in [1.29, 1.82) is 0 Å². The van der Waals surface area contributed by atoms with Crippen molar-refractivity contribution in [1.82, 2.24) is 4.90 Å². The number of para-hydroxylation sites is 1. The van der Waals surface area contributed by atoms with E-state index in [1.165, 1.54) is 37.4 Å². The molecule has 2 aromatic rings. The number of amides is 2. The predicted octanol–water partition coefficient (Wildman–Crippen LogP) is 7.41. The Kier molecular flexibility index (Phi) is 9.86. The van der Waals surface area contributed by atoms with Gasteiger partial charge >= 0.3 is 0 Å². The van der Waals surface area contributed by atoms with Crippen LogP contribution in [0.4, 0.5) is 5.69 Å². The standard InChI is InChI=1S/C31H36BrN3O4S/c1-38-26-17-21(25(32)19-27(26)39-20-29(36)33-22-11-5-2-6-12-22)18-28-30(37)35(24-15-9-4-10-16-24)31(40-28)34-23-13-7-3-8-14-23/h2,5-6,11-12,17-19,23-24H,3-4,7-10,13-16,20H2,1H3,(H,33,36). The minimum Gasteiger partial charge on any atom is -0.493 e. The van der Waals surface area contributed by atoms with E-state index in [2.05, 4.69) is 21.2 Å². The Hall–Kier alpha value is -2.78. The quantitative estimate of drug-likeness (QED) is 0.309. The number of thioether (sulfide) groups is 1. The fraction of sp³-hybridized carbons (Fsp3) is 0.452. The topological polar surface area (TPSA) is 80.2 Å². The van der Waals surface area contributed by atoms with Crippen LogP contribution in [0.3, 0.4) is 0 Å². The van der Waals surface area contributed by atoms with Gasteiger partial charge in [0, 0.05) is 16.2 Å². The molecule has 1 saturated heterocycles. The summed E-state index contributed by atoms with van der Waals surface area (Å²) in [5.41, 5.74) is 1.51. The maximum absolute atomic E-state index is 13.8. The van der Waals surface area contributed by atoms with Crippen LogP contribution in [-0.4, -0.2) is 47.7 Å². The van der Waals surface area contributed by atoms with Crippen LogP contribution in [0.5, 0.6) is 11.5 Å². The zero-order chi connectivity index (χ0) is 27.9. The molecule has 2 amide bonds. The molecule has 2 aromatic carbocycles. The summed E-state index contributed by atoms with van der Waals surface area (Å²) in [4.78, 5) is 33.9. The van der Waals surface area contributed by atoms with E-state index in [1.807, 2.05) is 47.4 Å². The van der Waals surface area contributed by atoms with E-state index < -0.39 is 0 Å². The van der Waals surface area contributed by atoms with Crippen molar-refractivity contribution in [3.8, 4) is 11.5 Å². The highest BCUT2D eigenvalue weighted by Gasteiger charge is 2.39. The van der Waals surface area contributed by atoms with Crippen molar-refractivity contribution in [2.24, 2.45) is 4.99 Å². The lowest BCUT2D eigenvalue weighted by Gasteiger charge is -2.31. The highest BCUT2D eigenvalue weighted by molar-refractivity contribution is 9.10. The normalized spacial score (nSPS) is 20.8. The smallest absolute Gasteiger partial charge is 0.267 e. The predicted molar refractivity (Wildman–Crippen MR) is 165 cm³/mol. The Bertz CT molecular complexity index is 1270. The van der Waals surface area contributed by atoms with Gasteiger partial charge in [-0.25, -0.2) is 0 Å². The molecule has 0 radical (unpaired) electrons. The van der Waals surface area contributed by atoms with Crippen molar-refractivity contribution < 1.29 is 19.1 Å². The Morgan fingerprint density at radius 1 is 1.05 bits per heavy atom. The summed E-state index contributed by atoms with van der Waals surface area (Å²) < 4.78 is 12.1. The maximum Gasteiger partial charge on any atom is 0.267 e. The number of aliphatic imine (C=N–C) groups is 1. The van der Waals surface area contributed by atoms with Crippen LogP contribution in [0.25, 0.3) is 6.08 Å². The van der Waals surface area contributed by atoms with Crippen molar-refractivity contribution in [2.45, 2.75) is 76.3 Å². The Balaban J connectivity index is 1.34. The average Bonchev–Trinajstić information content (AvgIpc) is 3.28. The third-order valence-corrected chi connectivity index (χ3v) is 9.31. The molecule has 7 nitrogen and oxygen atoms in total. The monoisotopic (exact) mass is 625 g/mol. The van der Waals surface area contributed by atoms with Gasteiger partial charge in [-0.3, -0.25) is 19.5 Å². The second-order valence-corrected chi connectivity index (χ2v) is 12.4. The van der Waals surface area contributed by atoms with Gasteiger partial charge in [0.05, 0.1) is 18.1 Å². The SMILES string of the molecule is COc1cc(C=C2SC(=NC3CCCCC3)N(C3CCCCC3)C2=O)c(Br)cc1OCC(=O)Nc1ccccc1. The summed E-state index contributed by atoms with van der Waals surface area (Å²) in [5.74, 6) is 0.693. The summed E-state index contributed by atoms with van der Waals surface area (Å²) in [6.45, 7) is -0.163. The number of halogens is 1. The molecule has 0 atom stereocenters. The van der Waals surface area contributed by atoms with Gasteiger partial charge < -0.3 is 14.8 Å². The number of anilines is 1. The number of benzene rings is 2. The Labute approximate surface area is 248 Å². The van der Waals surface area contributed by atoms with Crippen molar-refractivity contribution >= 4 is 56.4 Å². The molecule has 3 aliphatic rings. The van der Waals surface area contributed by atoms with E-state index in [9.17, 15) is 9.59 Å². The largest absolute Gasteiger partial charge is 0.493 e. The van der Waals surface area contributed by atoms with Gasteiger partial charge in [-0.2, -0.15) is 0 Å². The highest BCUT2D eigenvalue weighted by atomic mass is 79.9. The van der Waals surface area contributed by atoms with E-state index in [4.69, 9.17) is 14.5 Å². The molecule has 1 N–H and O–H groups in total. The molecule has 5 rings (SSSR count). The molecule has 1 aliphatic heterocycles. The van der Waals surface area contributed by atoms with Gasteiger partial charge in [0.2, 0.25) is 0 Å². The van der Waals surface area contributed by atoms with Gasteiger partial charge in [-0.05, 0) is 73.4 Å². The van der Waals surface area contributed by atoms with Gasteiger partial charge in [0.25, 0.3) is 11.8 Å². The maximum atomic E-state index is 13.8. The van der Waals surface area contributed by atoms with Gasteiger partial charge in [-0.15, -0.1) is 0 Å². The number of rotatable bonds is 8. The fourth-order valence-corrected chi connectivity index (χ4v) is 7.08. The third-order valence-electron chi connectivity index (χ3n) is 7.63. The van der Waals surface area contributed by atoms with E-state index in [0.717, 1.165) is 53.7 Å². The number of hydrogen-bond acceptors (Lipinski definition) is 6. The van der Waals surface area contributed by atoms with Crippen LogP contribution < -0.4 is 14.8 Å². The van der Waals surface area contributed by atoms with Crippen LogP contribution in [0.15, 0.2) is 56.8 Å². The lowest BCUT2D eigenvalue weighted by atomic mass is 9.94. The number of carbonyl (C=O) groups excluding carboxylic acids is 2. The van der Waals surface area contributed by atoms with Crippen molar-refractivity contribution in [2.75, 3.05) is 19.0 Å². The second kappa shape index (κ2) is 13.7. The van der Waals surface area contributed by atoms with Crippen LogP contribution in [-0.2, 0) is 9.59 Å². The van der Waals surface area contributed by atoms with Crippen LogP contribution in [0.2, 0.25) is 0 Å². The zero-order valence-electron chi connectivity index (χ0n) is 22.9. The van der Waals surface area contributed by atoms with E-state index in [-0.39, 0.29) is 24.5 Å². The lowest BCUT2D eigenvalue weighted by molar-refractivity contribution is -0.124. The molecular weight excluding hydrogens is 590 g/mol. The Morgan fingerprint density at radius 3 is 2.45 bits per heavy atom. The summed E-state index contributed by atoms with van der Waals surface area (Å²) in [6, 6.07) is 13.4. The molecule has 9 heteroatoms. The number of nitrogens with zero attached hydrogens (tertiary/aromatic N) is 2. The average molecular weight is 627 g/mol. The van der Waals surface area contributed by atoms with Crippen LogP contribution in [0.1, 0.15) is 69.8 Å². The molecule has 0 aromatic heterocycles. The number of nitrogens with one attached hydrogen (secondary N) is 1. The molecule has 212 valence electrons. The Morgan fingerprint density at radius 2 is 1.75 bits per heavy atom. The summed E-state index contributed by atoms with van der Waals surface area (Å²) >= 11 is 5.13. The molecule has 40 heavy (non-hydrogen) atoms. The van der Waals surface area contributed by atoms with Gasteiger partial charge in [-0.1, -0.05) is 72.7 Å². The van der Waals surface area contributed by atoms with E-state index in [1.54, 1.807) is 13.2 Å². The summed E-state index contributed by atoms with van der Waals surface area (Å²) in [7, 11) is 1.56. The number of hydrogen-bond donors (Lipinski definition) is 1. The minimum absolute atomic E-state index is 0.0373. The van der Waals surface area contributed by atoms with E-state index in [0.29, 0.717) is 28.1 Å². The zero-order valence-corrected chi connectivity index (χ0v) is 25.3. The first-order chi connectivity index (χ1) is 19.5. The molecule has 0 bridgehead atoms. The molecule has 0 unspecified atom stereocenters. The molecule has 3 fully saturated rings. The first-order valence-electron chi connectivity index (χ1n) is 14.2. The number of methoxy groups -OCH3 is 1. The summed E-state index contributed by atoms with van der Waals surface area (Å²) in [6.07, 6.45) is 13.4. The minimum atomic E-state index is -0.267. The lowest BCUT2D eigenvalue weighted by Crippen LogP contribution is -2.41. The van der Waals surface area contributed by atoms with Crippen LogP contribution >= 0.6 is 27.7 Å². The first-order valence-corrected chi connectivity index (χ1v) is 15.8. The van der Waals surface area contributed by atoms with E-state index >= 15 is 0 Å². The molecule has 1 heterocycles. The number of ether oxygens (including phenoxy) is 2. The van der Waals surface area contributed by atoms with Gasteiger partial charge in [0.1, 0.15) is 0 Å². The number of carbonyl (C=O) groups is 2. The van der Waals surface area contributed by atoms with Crippen LogP contribution in [0, 0.1) is 0 Å². The van der Waals surface area contributed by atoms with Crippen molar-refractivity contribution in [3.63, 3.8) is 0 Å². The molecule has 2 aliphatic carbocycles. The summed E-state index contributed by atoms with van der Waals surface area (Å²) in [5, 5.41) is 3.67. The van der Waals surface area contributed by atoms with Crippen molar-refractivity contribution in [3.05, 3.63) is 57.4 Å². The number of amidine groups is 1.